The molecule has 1 aliphatic heterocycles. The molecule has 1 N–H and O–H groups in total. The van der Waals surface area contributed by atoms with Crippen molar-refractivity contribution < 1.29 is 47.3 Å². The zero-order chi connectivity index (χ0) is 7.40. The van der Waals surface area contributed by atoms with Crippen LogP contribution in [0.3, 0.4) is 0 Å². The van der Waals surface area contributed by atoms with Gasteiger partial charge in [0.15, 0.2) is 0 Å². The first-order valence-electron chi connectivity index (χ1n) is 3.71. The molecule has 0 amide bonds. The Balaban J connectivity index is 0.000001000. The van der Waals surface area contributed by atoms with Crippen LogP contribution in [0.4, 0.5) is 0 Å². The van der Waals surface area contributed by atoms with Crippen LogP contribution >= 0.6 is 0 Å². The Morgan fingerprint density at radius 3 is 2.18 bits per heavy atom. The smallest absolute Gasteiger partial charge is 0.104 e. The summed E-state index contributed by atoms with van der Waals surface area (Å²) < 4.78 is 10.6. The van der Waals surface area contributed by atoms with E-state index in [1.54, 1.807) is 0 Å². The van der Waals surface area contributed by atoms with Crippen molar-refractivity contribution in [2.75, 3.05) is 19.8 Å². The van der Waals surface area contributed by atoms with Crippen LogP contribution in [0.2, 0.25) is 0 Å². The van der Waals surface area contributed by atoms with Gasteiger partial charge in [-0.15, -0.1) is 0 Å². The van der Waals surface area contributed by atoms with Gasteiger partial charge in [0, 0.05) is 32.7 Å². The standard InChI is InChI=1S/C7H14O3.Y/c1-2-6-4-10-7(3-8)5-9-6;/h6-8H,2-5H2,1H3;. The monoisotopic (exact) mass is 235 g/mol. The maximum absolute atomic E-state index is 8.64. The molecule has 0 aromatic heterocycles. The van der Waals surface area contributed by atoms with Crippen LogP contribution in [0.25, 0.3) is 0 Å². The van der Waals surface area contributed by atoms with Gasteiger partial charge in [0.2, 0.25) is 0 Å². The molecular formula is C7H14O3Y. The summed E-state index contributed by atoms with van der Waals surface area (Å²) in [7, 11) is 0. The van der Waals surface area contributed by atoms with E-state index in [4.69, 9.17) is 14.6 Å². The molecule has 1 rings (SSSR count). The maximum atomic E-state index is 8.64. The number of hydrogen-bond acceptors (Lipinski definition) is 3. The topological polar surface area (TPSA) is 38.7 Å². The van der Waals surface area contributed by atoms with Gasteiger partial charge in [-0.05, 0) is 6.42 Å². The average molecular weight is 235 g/mol. The summed E-state index contributed by atoms with van der Waals surface area (Å²) in [5.41, 5.74) is 0. The summed E-state index contributed by atoms with van der Waals surface area (Å²) in [6.45, 7) is 3.29. The predicted molar refractivity (Wildman–Crippen MR) is 36.9 cm³/mol. The van der Waals surface area contributed by atoms with Crippen LogP contribution in [0.15, 0.2) is 0 Å². The van der Waals surface area contributed by atoms with Crippen molar-refractivity contribution in [3.05, 3.63) is 0 Å². The Bertz CT molecular complexity index is 79.7. The van der Waals surface area contributed by atoms with Crippen molar-refractivity contribution in [3.8, 4) is 0 Å². The summed E-state index contributed by atoms with van der Waals surface area (Å²) in [6.07, 6.45) is 1.13. The van der Waals surface area contributed by atoms with Crippen molar-refractivity contribution in [1.29, 1.82) is 0 Å². The Hall–Kier alpha value is 0.984. The van der Waals surface area contributed by atoms with E-state index in [0.29, 0.717) is 13.2 Å². The molecule has 3 nitrogen and oxygen atoms in total. The van der Waals surface area contributed by atoms with Gasteiger partial charge in [0.1, 0.15) is 6.10 Å². The van der Waals surface area contributed by atoms with Gasteiger partial charge in [0.25, 0.3) is 0 Å². The molecule has 0 spiro atoms. The molecule has 1 heterocycles. The Labute approximate surface area is 92.3 Å². The molecule has 0 aliphatic carbocycles. The summed E-state index contributed by atoms with van der Waals surface area (Å²) in [6, 6.07) is 0. The molecule has 0 aromatic rings. The molecule has 1 radical (unpaired) electrons. The Kier molecular flexibility index (Phi) is 7.08. The SMILES string of the molecule is CCC1COC(CO)CO1.[Y]. The molecule has 1 fully saturated rings. The largest absolute Gasteiger partial charge is 0.394 e. The normalized spacial score (nSPS) is 31.1. The average Bonchev–Trinajstić information content (AvgIpc) is 2.05. The molecule has 0 saturated carbocycles. The van der Waals surface area contributed by atoms with Gasteiger partial charge < -0.3 is 14.6 Å². The molecule has 2 atom stereocenters. The fourth-order valence-corrected chi connectivity index (χ4v) is 0.924. The molecule has 11 heavy (non-hydrogen) atoms. The summed E-state index contributed by atoms with van der Waals surface area (Å²) in [5, 5.41) is 8.64. The van der Waals surface area contributed by atoms with Crippen molar-refractivity contribution in [3.63, 3.8) is 0 Å². The quantitative estimate of drug-likeness (QED) is 0.741. The maximum Gasteiger partial charge on any atom is 0.104 e. The zero-order valence-corrected chi connectivity index (χ0v) is 9.66. The van der Waals surface area contributed by atoms with E-state index < -0.39 is 0 Å². The van der Waals surface area contributed by atoms with Gasteiger partial charge in [0.05, 0.1) is 25.9 Å². The second-order valence-corrected chi connectivity index (χ2v) is 2.50. The van der Waals surface area contributed by atoms with Gasteiger partial charge in [-0.25, -0.2) is 0 Å². The van der Waals surface area contributed by atoms with Crippen LogP contribution in [0.5, 0.6) is 0 Å². The van der Waals surface area contributed by atoms with Gasteiger partial charge in [-0.1, -0.05) is 6.92 Å². The number of aliphatic hydroxyl groups is 1. The molecule has 0 bridgehead atoms. The van der Waals surface area contributed by atoms with Crippen molar-refractivity contribution in [2.24, 2.45) is 0 Å². The van der Waals surface area contributed by atoms with E-state index in [1.807, 2.05) is 0 Å². The van der Waals surface area contributed by atoms with Gasteiger partial charge >= 0.3 is 0 Å². The first kappa shape index (κ1) is 12.0. The number of rotatable bonds is 2. The summed E-state index contributed by atoms with van der Waals surface area (Å²) in [4.78, 5) is 0. The first-order valence-corrected chi connectivity index (χ1v) is 3.71. The minimum atomic E-state index is -0.0946. The van der Waals surface area contributed by atoms with Crippen LogP contribution in [0, 0.1) is 0 Å². The van der Waals surface area contributed by atoms with Gasteiger partial charge in [-0.2, -0.15) is 0 Å². The number of ether oxygens (including phenoxy) is 2. The van der Waals surface area contributed by atoms with Crippen molar-refractivity contribution >= 4 is 0 Å². The van der Waals surface area contributed by atoms with Crippen molar-refractivity contribution in [2.45, 2.75) is 25.6 Å². The van der Waals surface area contributed by atoms with Gasteiger partial charge in [-0.3, -0.25) is 0 Å². The second kappa shape index (κ2) is 6.49. The predicted octanol–water partition coefficient (Wildman–Crippen LogP) is 0.170. The third kappa shape index (κ3) is 3.95. The Morgan fingerprint density at radius 1 is 1.27 bits per heavy atom. The third-order valence-electron chi connectivity index (χ3n) is 1.69. The van der Waals surface area contributed by atoms with Crippen LogP contribution in [0.1, 0.15) is 13.3 Å². The molecule has 1 aliphatic rings. The van der Waals surface area contributed by atoms with E-state index in [9.17, 15) is 0 Å². The minimum Gasteiger partial charge on any atom is -0.394 e. The third-order valence-corrected chi connectivity index (χ3v) is 1.69. The number of aliphatic hydroxyl groups excluding tert-OH is 1. The van der Waals surface area contributed by atoms with E-state index >= 15 is 0 Å². The van der Waals surface area contributed by atoms with E-state index in [2.05, 4.69) is 6.92 Å². The molecule has 2 unspecified atom stereocenters. The zero-order valence-electron chi connectivity index (χ0n) is 6.82. The fourth-order valence-electron chi connectivity index (χ4n) is 0.924. The molecular weight excluding hydrogens is 221 g/mol. The number of hydrogen-bond donors (Lipinski definition) is 1. The molecule has 63 valence electrons. The molecule has 4 heteroatoms. The van der Waals surface area contributed by atoms with Crippen LogP contribution in [-0.4, -0.2) is 37.1 Å². The van der Waals surface area contributed by atoms with Crippen LogP contribution in [-0.2, 0) is 42.2 Å². The second-order valence-electron chi connectivity index (χ2n) is 2.50. The van der Waals surface area contributed by atoms with Crippen molar-refractivity contribution in [1.82, 2.24) is 0 Å². The van der Waals surface area contributed by atoms with E-state index in [1.165, 1.54) is 0 Å². The molecule has 0 aromatic carbocycles. The Morgan fingerprint density at radius 2 is 1.82 bits per heavy atom. The minimum absolute atomic E-state index is 0. The summed E-state index contributed by atoms with van der Waals surface area (Å²) in [5.74, 6) is 0. The van der Waals surface area contributed by atoms with Crippen LogP contribution < -0.4 is 0 Å². The fraction of sp³-hybridized carbons (Fsp3) is 1.00. The van der Waals surface area contributed by atoms with E-state index in [0.717, 1.165) is 6.42 Å². The first-order chi connectivity index (χ1) is 4.86. The van der Waals surface area contributed by atoms with E-state index in [-0.39, 0.29) is 51.5 Å². The summed E-state index contributed by atoms with van der Waals surface area (Å²) >= 11 is 0. The molecule has 1 saturated heterocycles.